The van der Waals surface area contributed by atoms with Crippen molar-refractivity contribution in [1.82, 2.24) is 10.3 Å². The molecule has 0 saturated heterocycles. The van der Waals surface area contributed by atoms with Crippen LogP contribution in [-0.4, -0.2) is 31.3 Å². The second kappa shape index (κ2) is 8.05. The number of nitrogens with one attached hydrogen (secondary N) is 2. The van der Waals surface area contributed by atoms with E-state index in [9.17, 15) is 4.79 Å². The van der Waals surface area contributed by atoms with Crippen LogP contribution in [0.15, 0.2) is 5.38 Å². The third kappa shape index (κ3) is 5.01. The van der Waals surface area contributed by atoms with Crippen molar-refractivity contribution in [3.05, 3.63) is 11.1 Å². The van der Waals surface area contributed by atoms with Crippen LogP contribution in [0.2, 0.25) is 0 Å². The monoisotopic (exact) mass is 271 g/mol. The molecule has 0 aliphatic heterocycles. The fourth-order valence-corrected chi connectivity index (χ4v) is 2.17. The van der Waals surface area contributed by atoms with Gasteiger partial charge in [-0.2, -0.15) is 0 Å². The van der Waals surface area contributed by atoms with Crippen molar-refractivity contribution < 1.29 is 9.53 Å². The van der Waals surface area contributed by atoms with Crippen LogP contribution in [0.25, 0.3) is 0 Å². The van der Waals surface area contributed by atoms with Crippen LogP contribution < -0.4 is 10.6 Å². The molecule has 0 aliphatic rings. The second-order valence-electron chi connectivity index (χ2n) is 4.11. The van der Waals surface area contributed by atoms with Crippen molar-refractivity contribution in [2.75, 3.05) is 25.6 Å². The van der Waals surface area contributed by atoms with Gasteiger partial charge >= 0.3 is 6.03 Å². The largest absolute Gasteiger partial charge is 0.385 e. The van der Waals surface area contributed by atoms with E-state index in [0.717, 1.165) is 18.5 Å². The Hall–Kier alpha value is -1.14. The zero-order valence-corrected chi connectivity index (χ0v) is 12.0. The van der Waals surface area contributed by atoms with E-state index in [0.29, 0.717) is 24.2 Å². The first-order chi connectivity index (χ1) is 8.67. The first kappa shape index (κ1) is 14.9. The van der Waals surface area contributed by atoms with Crippen LogP contribution in [0.1, 0.15) is 38.3 Å². The quantitative estimate of drug-likeness (QED) is 0.750. The fourth-order valence-electron chi connectivity index (χ4n) is 1.34. The molecule has 2 N–H and O–H groups in total. The molecule has 18 heavy (non-hydrogen) atoms. The third-order valence-corrected chi connectivity index (χ3v) is 3.45. The predicted molar refractivity (Wildman–Crippen MR) is 74.3 cm³/mol. The number of ether oxygens (including phenoxy) is 1. The van der Waals surface area contributed by atoms with Gasteiger partial charge in [-0.05, 0) is 18.8 Å². The number of anilines is 1. The summed E-state index contributed by atoms with van der Waals surface area (Å²) in [6.45, 7) is 5.50. The maximum atomic E-state index is 11.5. The maximum absolute atomic E-state index is 11.5. The van der Waals surface area contributed by atoms with Crippen molar-refractivity contribution in [2.24, 2.45) is 0 Å². The molecule has 5 nitrogen and oxygen atoms in total. The lowest BCUT2D eigenvalue weighted by atomic mass is 10.1. The van der Waals surface area contributed by atoms with Gasteiger partial charge in [-0.3, -0.25) is 5.32 Å². The van der Waals surface area contributed by atoms with Gasteiger partial charge in [0.1, 0.15) is 0 Å². The molecule has 1 aromatic rings. The third-order valence-electron chi connectivity index (χ3n) is 2.67. The number of urea groups is 1. The molecular weight excluding hydrogens is 250 g/mol. The Bertz CT molecular complexity index is 368. The Morgan fingerprint density at radius 1 is 1.61 bits per heavy atom. The summed E-state index contributed by atoms with van der Waals surface area (Å²) in [5, 5.41) is 8.13. The van der Waals surface area contributed by atoms with Gasteiger partial charge in [-0.25, -0.2) is 9.78 Å². The summed E-state index contributed by atoms with van der Waals surface area (Å²) in [4.78, 5) is 15.9. The molecule has 1 heterocycles. The number of carbonyl (C=O) groups is 1. The number of nitrogens with zero attached hydrogens (tertiary/aromatic N) is 1. The van der Waals surface area contributed by atoms with Gasteiger partial charge in [-0.1, -0.05) is 13.8 Å². The Kier molecular flexibility index (Phi) is 6.67. The number of amides is 2. The number of thiazole rings is 1. The first-order valence-corrected chi connectivity index (χ1v) is 7.04. The zero-order chi connectivity index (χ0) is 13.4. The highest BCUT2D eigenvalue weighted by Crippen LogP contribution is 2.23. The first-order valence-electron chi connectivity index (χ1n) is 6.16. The number of carbonyl (C=O) groups excluding carboxylic acids is 1. The summed E-state index contributed by atoms with van der Waals surface area (Å²) in [6.07, 6.45) is 1.85. The van der Waals surface area contributed by atoms with Crippen molar-refractivity contribution in [1.29, 1.82) is 0 Å². The maximum Gasteiger partial charge on any atom is 0.321 e. The molecule has 0 aromatic carbocycles. The zero-order valence-electron chi connectivity index (χ0n) is 11.2. The Morgan fingerprint density at radius 3 is 3.06 bits per heavy atom. The number of aromatic nitrogens is 1. The molecule has 0 fully saturated rings. The van der Waals surface area contributed by atoms with Crippen LogP contribution in [0.5, 0.6) is 0 Å². The van der Waals surface area contributed by atoms with Gasteiger partial charge in [0.05, 0.1) is 5.69 Å². The average molecular weight is 271 g/mol. The highest BCUT2D eigenvalue weighted by atomic mass is 32.1. The summed E-state index contributed by atoms with van der Waals surface area (Å²) in [5.74, 6) is 0.432. The van der Waals surface area contributed by atoms with E-state index in [1.54, 1.807) is 7.11 Å². The molecule has 1 rings (SSSR count). The van der Waals surface area contributed by atoms with Crippen LogP contribution >= 0.6 is 11.3 Å². The summed E-state index contributed by atoms with van der Waals surface area (Å²) in [5.41, 5.74) is 1.04. The smallest absolute Gasteiger partial charge is 0.321 e. The molecule has 1 aromatic heterocycles. The molecule has 6 heteroatoms. The second-order valence-corrected chi connectivity index (χ2v) is 4.97. The topological polar surface area (TPSA) is 63.2 Å². The Balaban J connectivity index is 2.33. The molecule has 102 valence electrons. The molecule has 0 bridgehead atoms. The SMILES string of the molecule is CC[C@H](C)c1csc(NC(=O)NCCCOC)n1. The van der Waals surface area contributed by atoms with Crippen LogP contribution in [0, 0.1) is 0 Å². The molecule has 0 radical (unpaired) electrons. The van der Waals surface area contributed by atoms with Gasteiger partial charge in [-0.15, -0.1) is 11.3 Å². The van der Waals surface area contributed by atoms with Gasteiger partial charge in [0.2, 0.25) is 0 Å². The Labute approximate surface area is 112 Å². The van der Waals surface area contributed by atoms with E-state index in [4.69, 9.17) is 4.74 Å². The van der Waals surface area contributed by atoms with Gasteiger partial charge in [0, 0.05) is 25.6 Å². The summed E-state index contributed by atoms with van der Waals surface area (Å²) in [6, 6.07) is -0.212. The van der Waals surface area contributed by atoms with Crippen molar-refractivity contribution >= 4 is 22.5 Å². The number of hydrogen-bond acceptors (Lipinski definition) is 4. The van der Waals surface area contributed by atoms with E-state index >= 15 is 0 Å². The highest BCUT2D eigenvalue weighted by molar-refractivity contribution is 7.13. The Morgan fingerprint density at radius 2 is 2.39 bits per heavy atom. The summed E-state index contributed by atoms with van der Waals surface area (Å²) < 4.78 is 4.90. The van der Waals surface area contributed by atoms with E-state index in [1.807, 2.05) is 5.38 Å². The van der Waals surface area contributed by atoms with Gasteiger partial charge in [0.25, 0.3) is 0 Å². The normalized spacial score (nSPS) is 12.2. The van der Waals surface area contributed by atoms with E-state index in [-0.39, 0.29) is 6.03 Å². The number of rotatable bonds is 7. The molecule has 2 amide bonds. The molecule has 0 saturated carbocycles. The summed E-state index contributed by atoms with van der Waals surface area (Å²) in [7, 11) is 1.64. The van der Waals surface area contributed by atoms with Crippen LogP contribution in [-0.2, 0) is 4.74 Å². The lowest BCUT2D eigenvalue weighted by Gasteiger charge is -2.05. The van der Waals surface area contributed by atoms with Crippen molar-refractivity contribution in [2.45, 2.75) is 32.6 Å². The average Bonchev–Trinajstić information content (AvgIpc) is 2.82. The van der Waals surface area contributed by atoms with Gasteiger partial charge in [0.15, 0.2) is 5.13 Å². The molecule has 0 aliphatic carbocycles. The highest BCUT2D eigenvalue weighted by Gasteiger charge is 2.09. The minimum absolute atomic E-state index is 0.212. The number of hydrogen-bond donors (Lipinski definition) is 2. The lowest BCUT2D eigenvalue weighted by molar-refractivity contribution is 0.194. The molecule has 0 unspecified atom stereocenters. The van der Waals surface area contributed by atoms with Crippen LogP contribution in [0.4, 0.5) is 9.93 Å². The number of methoxy groups -OCH3 is 1. The van der Waals surface area contributed by atoms with Crippen molar-refractivity contribution in [3.8, 4) is 0 Å². The minimum atomic E-state index is -0.212. The van der Waals surface area contributed by atoms with E-state index in [2.05, 4.69) is 29.5 Å². The predicted octanol–water partition coefficient (Wildman–Crippen LogP) is 2.81. The minimum Gasteiger partial charge on any atom is -0.385 e. The lowest BCUT2D eigenvalue weighted by Crippen LogP contribution is -2.30. The fraction of sp³-hybridized carbons (Fsp3) is 0.667. The molecular formula is C12H21N3O2S. The molecule has 1 atom stereocenters. The molecule has 0 spiro atoms. The van der Waals surface area contributed by atoms with E-state index < -0.39 is 0 Å². The summed E-state index contributed by atoms with van der Waals surface area (Å²) >= 11 is 1.46. The van der Waals surface area contributed by atoms with E-state index in [1.165, 1.54) is 11.3 Å². The van der Waals surface area contributed by atoms with Crippen LogP contribution in [0.3, 0.4) is 0 Å². The standard InChI is InChI=1S/C12H21N3O2S/c1-4-9(2)10-8-18-12(14-10)15-11(16)13-6-5-7-17-3/h8-9H,4-7H2,1-3H3,(H2,13,14,15,16)/t9-/m0/s1. The van der Waals surface area contributed by atoms with Crippen molar-refractivity contribution in [3.63, 3.8) is 0 Å². The van der Waals surface area contributed by atoms with Gasteiger partial charge < -0.3 is 10.1 Å².